The second-order valence-electron chi connectivity index (χ2n) is 6.22. The summed E-state index contributed by atoms with van der Waals surface area (Å²) in [5.41, 5.74) is 5.61. The zero-order valence-electron chi connectivity index (χ0n) is 14.6. The van der Waals surface area contributed by atoms with Gasteiger partial charge < -0.3 is 5.32 Å². The molecule has 0 spiro atoms. The molecule has 0 radical (unpaired) electrons. The number of amides is 1. The number of hydrogen-bond acceptors (Lipinski definition) is 3. The summed E-state index contributed by atoms with van der Waals surface area (Å²) in [5, 5.41) is 7.31. The SMILES string of the molecule is Cc1cc2nc(C)c(CCC(=O)NCc3ccc(F)cc3)c(C)n2n1. The van der Waals surface area contributed by atoms with Crippen LogP contribution < -0.4 is 5.32 Å². The average Bonchev–Trinajstić information content (AvgIpc) is 2.94. The lowest BCUT2D eigenvalue weighted by Crippen LogP contribution is -2.23. The molecule has 2 heterocycles. The minimum absolute atomic E-state index is 0.0418. The van der Waals surface area contributed by atoms with E-state index in [1.54, 1.807) is 12.1 Å². The molecule has 0 saturated carbocycles. The van der Waals surface area contributed by atoms with Gasteiger partial charge in [0.2, 0.25) is 5.91 Å². The fourth-order valence-electron chi connectivity index (χ4n) is 2.93. The first-order chi connectivity index (χ1) is 11.9. The van der Waals surface area contributed by atoms with Crippen LogP contribution in [0.4, 0.5) is 4.39 Å². The van der Waals surface area contributed by atoms with Gasteiger partial charge in [0.15, 0.2) is 5.65 Å². The van der Waals surface area contributed by atoms with Gasteiger partial charge in [-0.1, -0.05) is 12.1 Å². The van der Waals surface area contributed by atoms with E-state index in [1.165, 1.54) is 12.1 Å². The maximum atomic E-state index is 12.9. The molecule has 0 bridgehead atoms. The summed E-state index contributed by atoms with van der Waals surface area (Å²) in [6.45, 7) is 6.29. The fourth-order valence-corrected chi connectivity index (χ4v) is 2.93. The molecule has 1 N–H and O–H groups in total. The Labute approximate surface area is 145 Å². The molecule has 2 aromatic heterocycles. The number of carbonyl (C=O) groups excluding carboxylic acids is 1. The molecule has 0 saturated heterocycles. The van der Waals surface area contributed by atoms with E-state index < -0.39 is 0 Å². The fraction of sp³-hybridized carbons (Fsp3) is 0.316. The van der Waals surface area contributed by atoms with Crippen LogP contribution in [0.3, 0.4) is 0 Å². The summed E-state index contributed by atoms with van der Waals surface area (Å²) < 4.78 is 14.7. The largest absolute Gasteiger partial charge is 0.352 e. The van der Waals surface area contributed by atoms with Gasteiger partial charge in [-0.3, -0.25) is 4.79 Å². The summed E-state index contributed by atoms with van der Waals surface area (Å²) in [4.78, 5) is 16.7. The van der Waals surface area contributed by atoms with E-state index in [0.717, 1.165) is 33.9 Å². The van der Waals surface area contributed by atoms with Crippen molar-refractivity contribution in [3.8, 4) is 0 Å². The standard InChI is InChI=1S/C19H21FN4O/c1-12-10-18-22-13(2)17(14(3)24(18)23-12)8-9-19(25)21-11-15-4-6-16(20)7-5-15/h4-7,10H,8-9,11H2,1-3H3,(H,21,25). The minimum atomic E-state index is -0.280. The number of benzene rings is 1. The third-order valence-corrected chi connectivity index (χ3v) is 4.29. The van der Waals surface area contributed by atoms with E-state index in [0.29, 0.717) is 19.4 Å². The van der Waals surface area contributed by atoms with Crippen LogP contribution in [0, 0.1) is 26.6 Å². The molecule has 0 aliphatic heterocycles. The van der Waals surface area contributed by atoms with E-state index in [9.17, 15) is 9.18 Å². The van der Waals surface area contributed by atoms with Crippen molar-refractivity contribution >= 4 is 11.6 Å². The lowest BCUT2D eigenvalue weighted by atomic mass is 10.1. The van der Waals surface area contributed by atoms with E-state index in [4.69, 9.17) is 0 Å². The Morgan fingerprint density at radius 2 is 1.92 bits per heavy atom. The Morgan fingerprint density at radius 1 is 1.20 bits per heavy atom. The second kappa shape index (κ2) is 7.01. The van der Waals surface area contributed by atoms with Gasteiger partial charge in [-0.15, -0.1) is 0 Å². The van der Waals surface area contributed by atoms with Gasteiger partial charge >= 0.3 is 0 Å². The summed E-state index contributed by atoms with van der Waals surface area (Å²) >= 11 is 0. The van der Waals surface area contributed by atoms with Crippen molar-refractivity contribution in [1.82, 2.24) is 19.9 Å². The van der Waals surface area contributed by atoms with Crippen LogP contribution >= 0.6 is 0 Å². The smallest absolute Gasteiger partial charge is 0.220 e. The van der Waals surface area contributed by atoms with Crippen molar-refractivity contribution < 1.29 is 9.18 Å². The summed E-state index contributed by atoms with van der Waals surface area (Å²) in [6, 6.07) is 8.06. The molecule has 1 aromatic carbocycles. The monoisotopic (exact) mass is 340 g/mol. The van der Waals surface area contributed by atoms with Crippen LogP contribution in [0.1, 0.15) is 34.6 Å². The van der Waals surface area contributed by atoms with Crippen molar-refractivity contribution in [2.75, 3.05) is 0 Å². The van der Waals surface area contributed by atoms with Crippen molar-refractivity contribution in [1.29, 1.82) is 0 Å². The third kappa shape index (κ3) is 3.84. The highest BCUT2D eigenvalue weighted by molar-refractivity contribution is 5.76. The minimum Gasteiger partial charge on any atom is -0.352 e. The molecule has 3 rings (SSSR count). The van der Waals surface area contributed by atoms with Crippen LogP contribution in [0.15, 0.2) is 30.3 Å². The second-order valence-corrected chi connectivity index (χ2v) is 6.22. The number of carbonyl (C=O) groups is 1. The van der Waals surface area contributed by atoms with E-state index in [1.807, 2.05) is 31.4 Å². The first-order valence-corrected chi connectivity index (χ1v) is 8.27. The zero-order valence-corrected chi connectivity index (χ0v) is 14.6. The maximum Gasteiger partial charge on any atom is 0.220 e. The first kappa shape index (κ1) is 17.1. The number of fused-ring (bicyclic) bond motifs is 1. The van der Waals surface area contributed by atoms with E-state index >= 15 is 0 Å². The van der Waals surface area contributed by atoms with Crippen molar-refractivity contribution in [2.24, 2.45) is 0 Å². The lowest BCUT2D eigenvalue weighted by Gasteiger charge is -2.11. The van der Waals surface area contributed by atoms with Gasteiger partial charge in [0.05, 0.1) is 5.69 Å². The van der Waals surface area contributed by atoms with Crippen LogP contribution in [0.5, 0.6) is 0 Å². The molecular weight excluding hydrogens is 319 g/mol. The predicted octanol–water partition coefficient (Wildman–Crippen LogP) is 3.04. The molecule has 130 valence electrons. The Morgan fingerprint density at radius 3 is 2.64 bits per heavy atom. The van der Waals surface area contributed by atoms with Gasteiger partial charge in [0.1, 0.15) is 5.82 Å². The van der Waals surface area contributed by atoms with Gasteiger partial charge in [0.25, 0.3) is 0 Å². The quantitative estimate of drug-likeness (QED) is 0.777. The highest BCUT2D eigenvalue weighted by Gasteiger charge is 2.12. The van der Waals surface area contributed by atoms with Crippen molar-refractivity contribution in [3.63, 3.8) is 0 Å². The molecule has 5 nitrogen and oxygen atoms in total. The predicted molar refractivity (Wildman–Crippen MR) is 93.8 cm³/mol. The number of aryl methyl sites for hydroxylation is 3. The Hall–Kier alpha value is -2.76. The Kier molecular flexibility index (Phi) is 4.79. The number of nitrogens with one attached hydrogen (secondary N) is 1. The molecule has 0 aliphatic carbocycles. The van der Waals surface area contributed by atoms with Gasteiger partial charge in [-0.25, -0.2) is 13.9 Å². The van der Waals surface area contributed by atoms with Crippen LogP contribution in [0.2, 0.25) is 0 Å². The average molecular weight is 340 g/mol. The summed E-state index contributed by atoms with van der Waals surface area (Å²) in [5.74, 6) is -0.322. The first-order valence-electron chi connectivity index (χ1n) is 8.27. The van der Waals surface area contributed by atoms with Crippen LogP contribution in [-0.2, 0) is 17.8 Å². The topological polar surface area (TPSA) is 59.3 Å². The maximum absolute atomic E-state index is 12.9. The highest BCUT2D eigenvalue weighted by atomic mass is 19.1. The highest BCUT2D eigenvalue weighted by Crippen LogP contribution is 2.17. The summed E-state index contributed by atoms with van der Waals surface area (Å²) in [7, 11) is 0. The van der Waals surface area contributed by atoms with E-state index in [-0.39, 0.29) is 11.7 Å². The molecule has 3 aromatic rings. The Bertz CT molecular complexity index is 915. The number of halogens is 1. The molecule has 25 heavy (non-hydrogen) atoms. The molecule has 0 atom stereocenters. The van der Waals surface area contributed by atoms with Gasteiger partial charge in [0, 0.05) is 30.4 Å². The van der Waals surface area contributed by atoms with Gasteiger partial charge in [-0.2, -0.15) is 5.10 Å². The van der Waals surface area contributed by atoms with Crippen LogP contribution in [0.25, 0.3) is 5.65 Å². The number of nitrogens with zero attached hydrogens (tertiary/aromatic N) is 3. The normalized spacial score (nSPS) is 11.0. The van der Waals surface area contributed by atoms with Crippen molar-refractivity contribution in [2.45, 2.75) is 40.2 Å². The third-order valence-electron chi connectivity index (χ3n) is 4.29. The molecular formula is C19H21FN4O. The molecule has 6 heteroatoms. The lowest BCUT2D eigenvalue weighted by molar-refractivity contribution is -0.121. The molecule has 0 unspecified atom stereocenters. The molecule has 0 fully saturated rings. The van der Waals surface area contributed by atoms with Crippen LogP contribution in [-0.4, -0.2) is 20.5 Å². The molecule has 0 aliphatic rings. The Balaban J connectivity index is 1.63. The number of rotatable bonds is 5. The number of aromatic nitrogens is 3. The number of hydrogen-bond donors (Lipinski definition) is 1. The van der Waals surface area contributed by atoms with Gasteiger partial charge in [-0.05, 0) is 50.5 Å². The van der Waals surface area contributed by atoms with Crippen molar-refractivity contribution in [3.05, 3.63) is 64.4 Å². The van der Waals surface area contributed by atoms with E-state index in [2.05, 4.69) is 15.4 Å². The molecule has 1 amide bonds. The zero-order chi connectivity index (χ0) is 18.0. The summed E-state index contributed by atoms with van der Waals surface area (Å²) in [6.07, 6.45) is 0.977.